The minimum Gasteiger partial charge on any atom is -0.439 e. The lowest BCUT2D eigenvalue weighted by molar-refractivity contribution is 0.459. The Morgan fingerprint density at radius 2 is 2.18 bits per heavy atom. The summed E-state index contributed by atoms with van der Waals surface area (Å²) in [6, 6.07) is 11.6. The normalized spacial score (nSPS) is 9.65. The SMILES string of the molecule is C#CCc1ccc(C)c(Oc2ccccn2)c1. The van der Waals surface area contributed by atoms with E-state index in [1.807, 2.05) is 43.3 Å². The van der Waals surface area contributed by atoms with E-state index in [4.69, 9.17) is 11.2 Å². The maximum Gasteiger partial charge on any atom is 0.219 e. The fourth-order valence-electron chi connectivity index (χ4n) is 1.50. The highest BCUT2D eigenvalue weighted by atomic mass is 16.5. The predicted octanol–water partition coefficient (Wildman–Crippen LogP) is 3.36. The Hall–Kier alpha value is -2.27. The Kier molecular flexibility index (Phi) is 3.42. The number of hydrogen-bond donors (Lipinski definition) is 0. The van der Waals surface area contributed by atoms with Gasteiger partial charge in [-0.15, -0.1) is 12.3 Å². The molecule has 0 unspecified atom stereocenters. The molecular weight excluding hydrogens is 210 g/mol. The number of pyridine rings is 1. The molecule has 0 radical (unpaired) electrons. The Balaban J connectivity index is 2.26. The number of benzene rings is 1. The highest BCUT2D eigenvalue weighted by Gasteiger charge is 2.03. The molecule has 0 aliphatic heterocycles. The summed E-state index contributed by atoms with van der Waals surface area (Å²) in [6.45, 7) is 2.00. The number of aryl methyl sites for hydroxylation is 1. The van der Waals surface area contributed by atoms with Crippen molar-refractivity contribution in [3.8, 4) is 24.0 Å². The van der Waals surface area contributed by atoms with Crippen LogP contribution in [0.25, 0.3) is 0 Å². The van der Waals surface area contributed by atoms with Gasteiger partial charge in [-0.1, -0.05) is 18.2 Å². The number of nitrogens with zero attached hydrogens (tertiary/aromatic N) is 1. The smallest absolute Gasteiger partial charge is 0.219 e. The monoisotopic (exact) mass is 223 g/mol. The maximum atomic E-state index is 5.72. The Labute approximate surface area is 101 Å². The van der Waals surface area contributed by atoms with E-state index in [9.17, 15) is 0 Å². The molecular formula is C15H13NO. The van der Waals surface area contributed by atoms with Crippen molar-refractivity contribution in [2.75, 3.05) is 0 Å². The van der Waals surface area contributed by atoms with Crippen molar-refractivity contribution in [1.29, 1.82) is 0 Å². The van der Waals surface area contributed by atoms with Gasteiger partial charge in [-0.3, -0.25) is 0 Å². The molecule has 0 atom stereocenters. The van der Waals surface area contributed by atoms with E-state index in [1.165, 1.54) is 0 Å². The lowest BCUT2D eigenvalue weighted by Gasteiger charge is -2.08. The first-order chi connectivity index (χ1) is 8.29. The number of ether oxygens (including phenoxy) is 1. The molecule has 2 aromatic rings. The fourth-order valence-corrected chi connectivity index (χ4v) is 1.50. The van der Waals surface area contributed by atoms with Gasteiger partial charge in [0.15, 0.2) is 0 Å². The first-order valence-corrected chi connectivity index (χ1v) is 5.41. The van der Waals surface area contributed by atoms with Crippen molar-refractivity contribution in [2.24, 2.45) is 0 Å². The standard InChI is InChI=1S/C15H13NO/c1-3-6-13-9-8-12(2)14(11-13)17-15-7-4-5-10-16-15/h1,4-5,7-11H,6H2,2H3. The zero-order chi connectivity index (χ0) is 12.1. The van der Waals surface area contributed by atoms with Gasteiger partial charge in [0.25, 0.3) is 0 Å². The molecule has 1 aromatic carbocycles. The van der Waals surface area contributed by atoms with Crippen molar-refractivity contribution in [3.05, 3.63) is 53.7 Å². The molecule has 0 amide bonds. The molecule has 0 spiro atoms. The zero-order valence-corrected chi connectivity index (χ0v) is 9.68. The second-order valence-electron chi connectivity index (χ2n) is 3.75. The van der Waals surface area contributed by atoms with Gasteiger partial charge in [0.1, 0.15) is 5.75 Å². The summed E-state index contributed by atoms with van der Waals surface area (Å²) in [5, 5.41) is 0. The highest BCUT2D eigenvalue weighted by molar-refractivity contribution is 5.39. The van der Waals surface area contributed by atoms with Crippen LogP contribution in [0.4, 0.5) is 0 Å². The van der Waals surface area contributed by atoms with E-state index >= 15 is 0 Å². The molecule has 1 heterocycles. The second kappa shape index (κ2) is 5.18. The largest absolute Gasteiger partial charge is 0.439 e. The summed E-state index contributed by atoms with van der Waals surface area (Å²) >= 11 is 0. The van der Waals surface area contributed by atoms with Crippen LogP contribution in [-0.4, -0.2) is 4.98 Å². The van der Waals surface area contributed by atoms with Gasteiger partial charge in [0.2, 0.25) is 5.88 Å². The molecule has 0 aliphatic carbocycles. The summed E-state index contributed by atoms with van der Waals surface area (Å²) in [5.74, 6) is 4.02. The minimum absolute atomic E-state index is 0.591. The van der Waals surface area contributed by atoms with E-state index < -0.39 is 0 Å². The molecule has 0 saturated carbocycles. The van der Waals surface area contributed by atoms with Crippen molar-refractivity contribution in [1.82, 2.24) is 4.98 Å². The van der Waals surface area contributed by atoms with Crippen LogP contribution in [0.1, 0.15) is 11.1 Å². The van der Waals surface area contributed by atoms with Crippen LogP contribution < -0.4 is 4.74 Å². The molecule has 17 heavy (non-hydrogen) atoms. The van der Waals surface area contributed by atoms with Gasteiger partial charge in [0.05, 0.1) is 0 Å². The highest BCUT2D eigenvalue weighted by Crippen LogP contribution is 2.24. The average molecular weight is 223 g/mol. The molecule has 1 aromatic heterocycles. The van der Waals surface area contributed by atoms with Crippen LogP contribution in [0.5, 0.6) is 11.6 Å². The van der Waals surface area contributed by atoms with E-state index in [0.29, 0.717) is 12.3 Å². The minimum atomic E-state index is 0.591. The quantitative estimate of drug-likeness (QED) is 0.744. The van der Waals surface area contributed by atoms with Crippen molar-refractivity contribution in [2.45, 2.75) is 13.3 Å². The summed E-state index contributed by atoms with van der Waals surface area (Å²) in [7, 11) is 0. The summed E-state index contributed by atoms with van der Waals surface area (Å²) in [6.07, 6.45) is 7.61. The van der Waals surface area contributed by atoms with Crippen molar-refractivity contribution >= 4 is 0 Å². The van der Waals surface area contributed by atoms with Gasteiger partial charge < -0.3 is 4.74 Å². The number of terminal acetylenes is 1. The van der Waals surface area contributed by atoms with E-state index in [-0.39, 0.29) is 0 Å². The van der Waals surface area contributed by atoms with Crippen LogP contribution in [-0.2, 0) is 6.42 Å². The molecule has 0 saturated heterocycles. The maximum absolute atomic E-state index is 5.72. The predicted molar refractivity (Wildman–Crippen MR) is 68.0 cm³/mol. The molecule has 0 fully saturated rings. The molecule has 2 nitrogen and oxygen atoms in total. The molecule has 2 heteroatoms. The van der Waals surface area contributed by atoms with E-state index in [2.05, 4.69) is 10.9 Å². The van der Waals surface area contributed by atoms with Gasteiger partial charge in [-0.25, -0.2) is 4.98 Å². The van der Waals surface area contributed by atoms with Crippen LogP contribution in [0.3, 0.4) is 0 Å². The third-order valence-corrected chi connectivity index (χ3v) is 2.41. The van der Waals surface area contributed by atoms with Gasteiger partial charge in [-0.2, -0.15) is 0 Å². The summed E-state index contributed by atoms with van der Waals surface area (Å²) in [4.78, 5) is 4.13. The molecule has 0 bridgehead atoms. The van der Waals surface area contributed by atoms with Gasteiger partial charge >= 0.3 is 0 Å². The lowest BCUT2D eigenvalue weighted by atomic mass is 10.1. The van der Waals surface area contributed by atoms with E-state index in [0.717, 1.165) is 16.9 Å². The third-order valence-electron chi connectivity index (χ3n) is 2.41. The van der Waals surface area contributed by atoms with Crippen LogP contribution in [0.2, 0.25) is 0 Å². The molecule has 84 valence electrons. The number of rotatable bonds is 3. The summed E-state index contributed by atoms with van der Waals surface area (Å²) in [5.41, 5.74) is 2.14. The second-order valence-corrected chi connectivity index (χ2v) is 3.75. The Bertz CT molecular complexity index is 541. The van der Waals surface area contributed by atoms with Crippen LogP contribution in [0.15, 0.2) is 42.6 Å². The summed E-state index contributed by atoms with van der Waals surface area (Å²) < 4.78 is 5.72. The molecule has 0 N–H and O–H groups in total. The van der Waals surface area contributed by atoms with Gasteiger partial charge in [0, 0.05) is 18.7 Å². The van der Waals surface area contributed by atoms with Gasteiger partial charge in [-0.05, 0) is 30.2 Å². The third kappa shape index (κ3) is 2.85. The molecule has 0 aliphatic rings. The van der Waals surface area contributed by atoms with E-state index in [1.54, 1.807) is 6.20 Å². The Morgan fingerprint density at radius 1 is 1.29 bits per heavy atom. The topological polar surface area (TPSA) is 22.1 Å². The fraction of sp³-hybridized carbons (Fsp3) is 0.133. The number of aromatic nitrogens is 1. The first-order valence-electron chi connectivity index (χ1n) is 5.41. The van der Waals surface area contributed by atoms with Crippen molar-refractivity contribution < 1.29 is 4.74 Å². The number of hydrogen-bond acceptors (Lipinski definition) is 2. The van der Waals surface area contributed by atoms with Crippen LogP contribution in [0, 0.1) is 19.3 Å². The molecule has 2 rings (SSSR count). The average Bonchev–Trinajstić information content (AvgIpc) is 2.35. The lowest BCUT2D eigenvalue weighted by Crippen LogP contribution is -1.91. The first kappa shape index (κ1) is 11.2. The zero-order valence-electron chi connectivity index (χ0n) is 9.68. The Morgan fingerprint density at radius 3 is 2.88 bits per heavy atom. The van der Waals surface area contributed by atoms with Crippen LogP contribution >= 0.6 is 0 Å². The van der Waals surface area contributed by atoms with Crippen molar-refractivity contribution in [3.63, 3.8) is 0 Å².